The Morgan fingerprint density at radius 2 is 1.23 bits per heavy atom. The number of nitrogens with zero attached hydrogens (tertiary/aromatic N) is 4. The van der Waals surface area contributed by atoms with Crippen molar-refractivity contribution in [2.45, 2.75) is 13.2 Å². The number of carbonyl (C=O) groups is 1. The highest BCUT2D eigenvalue weighted by Gasteiger charge is 2.32. The third-order valence-corrected chi connectivity index (χ3v) is 8.13. The van der Waals surface area contributed by atoms with Gasteiger partial charge in [0.15, 0.2) is 27.3 Å². The summed E-state index contributed by atoms with van der Waals surface area (Å²) in [5.74, 6) is 1.39. The normalized spacial score (nSPS) is 13.6. The Labute approximate surface area is 283 Å². The SMILES string of the molecule is COc1cc(/C=N/N2C(=O)/C(=C\c3ccc(OCc4ccc([N+](=O)[O-])cc4)c(OC)c3)SC2=S)ccc1OCc1ccc([N+](=O)[O-])cc1. The van der Waals surface area contributed by atoms with Crippen LogP contribution in [0.15, 0.2) is 94.9 Å². The molecule has 0 aliphatic carbocycles. The molecule has 13 nitrogen and oxygen atoms in total. The van der Waals surface area contributed by atoms with E-state index in [0.717, 1.165) is 27.9 Å². The predicted molar refractivity (Wildman–Crippen MR) is 183 cm³/mol. The van der Waals surface area contributed by atoms with Crippen LogP contribution in [-0.2, 0) is 18.0 Å². The number of hydrogen-bond acceptors (Lipinski definition) is 12. The van der Waals surface area contributed by atoms with E-state index in [2.05, 4.69) is 5.10 Å². The molecule has 0 N–H and O–H groups in total. The molecule has 4 aromatic rings. The topological polar surface area (TPSA) is 156 Å². The number of carbonyl (C=O) groups excluding carboxylic acids is 1. The number of hydrazone groups is 1. The summed E-state index contributed by atoms with van der Waals surface area (Å²) in [7, 11) is 2.99. The van der Waals surface area contributed by atoms with E-state index in [4.69, 9.17) is 31.2 Å². The maximum absolute atomic E-state index is 13.2. The van der Waals surface area contributed by atoms with E-state index in [0.29, 0.717) is 39.0 Å². The molecule has 1 amide bonds. The second-order valence-electron chi connectivity index (χ2n) is 9.98. The van der Waals surface area contributed by atoms with Crippen LogP contribution in [0.4, 0.5) is 11.4 Å². The average molecular weight is 687 g/mol. The molecule has 0 saturated carbocycles. The van der Waals surface area contributed by atoms with Gasteiger partial charge in [0.1, 0.15) is 13.2 Å². The first-order chi connectivity index (χ1) is 23.1. The monoisotopic (exact) mass is 686 g/mol. The Morgan fingerprint density at radius 1 is 0.750 bits per heavy atom. The highest BCUT2D eigenvalue weighted by molar-refractivity contribution is 8.26. The fourth-order valence-electron chi connectivity index (χ4n) is 4.36. The lowest BCUT2D eigenvalue weighted by atomic mass is 10.1. The zero-order valence-electron chi connectivity index (χ0n) is 25.4. The summed E-state index contributed by atoms with van der Waals surface area (Å²) in [5, 5.41) is 27.2. The standard InChI is InChI=1S/C33H26N4O9S2/c1-43-29-15-23(7-13-27(29)45-19-21-3-9-25(10-4-21)36(39)40)17-31-32(38)35(33(47)48-31)34-18-24-8-14-28(30(16-24)44-2)46-20-22-5-11-26(12-6-22)37(41)42/h3-18H,19-20H2,1-2H3/b31-17+,34-18+. The quantitative estimate of drug-likeness (QED) is 0.0473. The molecule has 0 atom stereocenters. The van der Waals surface area contributed by atoms with E-state index in [1.165, 1.54) is 44.7 Å². The highest BCUT2D eigenvalue weighted by atomic mass is 32.2. The molecule has 1 fully saturated rings. The smallest absolute Gasteiger partial charge is 0.286 e. The zero-order valence-corrected chi connectivity index (χ0v) is 27.1. The van der Waals surface area contributed by atoms with Gasteiger partial charge in [0.05, 0.1) is 35.2 Å². The van der Waals surface area contributed by atoms with Crippen molar-refractivity contribution in [1.29, 1.82) is 0 Å². The first-order valence-corrected chi connectivity index (χ1v) is 15.3. The number of rotatable bonds is 13. The van der Waals surface area contributed by atoms with Crippen LogP contribution < -0.4 is 18.9 Å². The molecular weight excluding hydrogens is 661 g/mol. The number of nitro benzene ring substituents is 2. The minimum Gasteiger partial charge on any atom is -0.493 e. The molecule has 1 aliphatic heterocycles. The van der Waals surface area contributed by atoms with E-state index >= 15 is 0 Å². The van der Waals surface area contributed by atoms with Gasteiger partial charge in [-0.05, 0) is 95.1 Å². The van der Waals surface area contributed by atoms with E-state index in [-0.39, 0.29) is 28.9 Å². The van der Waals surface area contributed by atoms with Gasteiger partial charge in [-0.15, -0.1) is 0 Å². The lowest BCUT2D eigenvalue weighted by Crippen LogP contribution is -2.22. The summed E-state index contributed by atoms with van der Waals surface area (Å²) < 4.78 is 22.9. The first kappa shape index (κ1) is 33.6. The lowest BCUT2D eigenvalue weighted by Gasteiger charge is -2.12. The molecular formula is C33H26N4O9S2. The Hall–Kier alpha value is -5.80. The average Bonchev–Trinajstić information content (AvgIpc) is 3.36. The van der Waals surface area contributed by atoms with Crippen molar-refractivity contribution < 1.29 is 33.6 Å². The van der Waals surface area contributed by atoms with Crippen LogP contribution in [0, 0.1) is 20.2 Å². The second-order valence-corrected chi connectivity index (χ2v) is 11.7. The molecule has 0 bridgehead atoms. The van der Waals surface area contributed by atoms with Crippen molar-refractivity contribution in [3.63, 3.8) is 0 Å². The zero-order chi connectivity index (χ0) is 34.2. The summed E-state index contributed by atoms with van der Waals surface area (Å²) in [6, 6.07) is 22.5. The van der Waals surface area contributed by atoms with Crippen LogP contribution in [0.3, 0.4) is 0 Å². The second kappa shape index (κ2) is 15.2. The van der Waals surface area contributed by atoms with Crippen LogP contribution in [0.2, 0.25) is 0 Å². The van der Waals surface area contributed by atoms with Gasteiger partial charge in [0.25, 0.3) is 17.3 Å². The van der Waals surface area contributed by atoms with Gasteiger partial charge in [-0.2, -0.15) is 10.1 Å². The van der Waals surface area contributed by atoms with E-state index in [1.807, 2.05) is 0 Å². The molecule has 15 heteroatoms. The van der Waals surface area contributed by atoms with Crippen molar-refractivity contribution in [3.8, 4) is 23.0 Å². The molecule has 48 heavy (non-hydrogen) atoms. The number of thiocarbonyl (C=S) groups is 1. The predicted octanol–water partition coefficient (Wildman–Crippen LogP) is 6.91. The number of nitro groups is 2. The molecule has 1 heterocycles. The van der Waals surface area contributed by atoms with Crippen molar-refractivity contribution in [3.05, 3.63) is 132 Å². The third-order valence-electron chi connectivity index (χ3n) is 6.85. The van der Waals surface area contributed by atoms with Crippen molar-refractivity contribution >= 4 is 57.9 Å². The number of hydrogen-bond donors (Lipinski definition) is 0. The Kier molecular flexibility index (Phi) is 10.6. The molecule has 4 aromatic carbocycles. The van der Waals surface area contributed by atoms with Gasteiger partial charge in [-0.25, -0.2) is 0 Å². The van der Waals surface area contributed by atoms with E-state index in [9.17, 15) is 25.0 Å². The fourth-order valence-corrected chi connectivity index (χ4v) is 5.53. The van der Waals surface area contributed by atoms with Crippen LogP contribution in [0.25, 0.3) is 6.08 Å². The maximum Gasteiger partial charge on any atom is 0.286 e. The number of amides is 1. The molecule has 1 saturated heterocycles. The van der Waals surface area contributed by atoms with Crippen LogP contribution >= 0.6 is 24.0 Å². The molecule has 244 valence electrons. The number of thioether (sulfide) groups is 1. The van der Waals surface area contributed by atoms with Crippen LogP contribution in [-0.4, -0.2) is 45.5 Å². The van der Waals surface area contributed by atoms with E-state index in [1.54, 1.807) is 66.7 Å². The number of ether oxygens (including phenoxy) is 4. The molecule has 0 spiro atoms. The molecule has 0 aromatic heterocycles. The summed E-state index contributed by atoms with van der Waals surface area (Å²) >= 11 is 6.53. The largest absolute Gasteiger partial charge is 0.493 e. The minimum absolute atomic E-state index is 0.00330. The Balaban J connectivity index is 1.22. The Morgan fingerprint density at radius 3 is 1.71 bits per heavy atom. The molecule has 1 aliphatic rings. The number of benzene rings is 4. The summed E-state index contributed by atoms with van der Waals surface area (Å²) in [6.07, 6.45) is 3.16. The van der Waals surface area contributed by atoms with Gasteiger partial charge in [-0.3, -0.25) is 25.0 Å². The van der Waals surface area contributed by atoms with Gasteiger partial charge < -0.3 is 18.9 Å². The Bertz CT molecular complexity index is 1930. The van der Waals surface area contributed by atoms with Crippen molar-refractivity contribution in [2.75, 3.05) is 14.2 Å². The fraction of sp³-hybridized carbons (Fsp3) is 0.121. The third kappa shape index (κ3) is 8.12. The summed E-state index contributed by atoms with van der Waals surface area (Å²) in [4.78, 5) is 34.4. The first-order valence-electron chi connectivity index (χ1n) is 14.1. The van der Waals surface area contributed by atoms with Crippen molar-refractivity contribution in [1.82, 2.24) is 5.01 Å². The maximum atomic E-state index is 13.2. The van der Waals surface area contributed by atoms with Crippen LogP contribution in [0.5, 0.6) is 23.0 Å². The highest BCUT2D eigenvalue weighted by Crippen LogP contribution is 2.35. The number of methoxy groups -OCH3 is 2. The van der Waals surface area contributed by atoms with E-state index < -0.39 is 15.8 Å². The molecule has 5 rings (SSSR count). The summed E-state index contributed by atoms with van der Waals surface area (Å²) in [5.41, 5.74) is 2.79. The lowest BCUT2D eigenvalue weighted by molar-refractivity contribution is -0.385. The van der Waals surface area contributed by atoms with Crippen LogP contribution in [0.1, 0.15) is 22.3 Å². The molecule has 0 unspecified atom stereocenters. The number of non-ortho nitro benzene ring substituents is 2. The van der Waals surface area contributed by atoms with Gasteiger partial charge in [0, 0.05) is 24.3 Å². The van der Waals surface area contributed by atoms with Gasteiger partial charge in [-0.1, -0.05) is 17.8 Å². The van der Waals surface area contributed by atoms with Gasteiger partial charge in [0.2, 0.25) is 0 Å². The van der Waals surface area contributed by atoms with Gasteiger partial charge >= 0.3 is 0 Å². The molecule has 0 radical (unpaired) electrons. The van der Waals surface area contributed by atoms with Crippen molar-refractivity contribution in [2.24, 2.45) is 5.10 Å². The minimum atomic E-state index is -0.464. The summed E-state index contributed by atoms with van der Waals surface area (Å²) in [6.45, 7) is 0.350.